The second-order valence-electron chi connectivity index (χ2n) is 5.03. The van der Waals surface area contributed by atoms with Gasteiger partial charge in [-0.3, -0.25) is 9.88 Å². The van der Waals surface area contributed by atoms with Crippen molar-refractivity contribution in [3.63, 3.8) is 0 Å². The van der Waals surface area contributed by atoms with Crippen molar-refractivity contribution in [2.24, 2.45) is 7.05 Å². The molecule has 6 nitrogen and oxygen atoms in total. The van der Waals surface area contributed by atoms with E-state index in [9.17, 15) is 4.79 Å². The third-order valence-corrected chi connectivity index (χ3v) is 3.72. The molecule has 0 unspecified atom stereocenters. The molecule has 0 saturated heterocycles. The minimum Gasteiger partial charge on any atom is -0.334 e. The van der Waals surface area contributed by atoms with E-state index < -0.39 is 0 Å². The molecule has 3 aromatic rings. The number of benzene rings is 1. The normalized spacial score (nSPS) is 14.1. The maximum absolute atomic E-state index is 12.3. The zero-order valence-corrected chi connectivity index (χ0v) is 11.4. The average Bonchev–Trinajstić information content (AvgIpc) is 2.88. The summed E-state index contributed by atoms with van der Waals surface area (Å²) in [7, 11) is 1.94. The van der Waals surface area contributed by atoms with Gasteiger partial charge in [0.1, 0.15) is 0 Å². The first kappa shape index (κ1) is 11.9. The fourth-order valence-corrected chi connectivity index (χ4v) is 2.64. The van der Waals surface area contributed by atoms with Crippen LogP contribution in [-0.4, -0.2) is 20.6 Å². The summed E-state index contributed by atoms with van der Waals surface area (Å²) >= 11 is 0. The molecule has 3 heterocycles. The number of hydrogen-bond acceptors (Lipinski definition) is 3. The number of imidazole rings is 1. The van der Waals surface area contributed by atoms with Gasteiger partial charge in [0.2, 0.25) is 0 Å². The molecule has 4 rings (SSSR count). The van der Waals surface area contributed by atoms with E-state index in [4.69, 9.17) is 0 Å². The molecule has 0 bridgehead atoms. The fraction of sp³-hybridized carbons (Fsp3) is 0.133. The number of rotatable bonds is 1. The van der Waals surface area contributed by atoms with Crippen LogP contribution in [0.25, 0.3) is 11.0 Å². The Balaban J connectivity index is 1.91. The summed E-state index contributed by atoms with van der Waals surface area (Å²) in [6.45, 7) is 0.506. The molecule has 2 amide bonds. The topological polar surface area (TPSA) is 63.1 Å². The molecule has 1 aromatic carbocycles. The van der Waals surface area contributed by atoms with Crippen molar-refractivity contribution in [2.75, 3.05) is 4.90 Å². The van der Waals surface area contributed by atoms with Crippen molar-refractivity contribution in [3.8, 4) is 0 Å². The Morgan fingerprint density at radius 2 is 2.19 bits per heavy atom. The van der Waals surface area contributed by atoms with Gasteiger partial charge in [0.05, 0.1) is 28.7 Å². The van der Waals surface area contributed by atoms with Crippen molar-refractivity contribution in [2.45, 2.75) is 6.54 Å². The van der Waals surface area contributed by atoms with Gasteiger partial charge in [0, 0.05) is 31.5 Å². The molecule has 0 radical (unpaired) electrons. The number of carbonyl (C=O) groups excluding carboxylic acids is 1. The number of nitrogens with one attached hydrogen (secondary N) is 1. The molecule has 0 spiro atoms. The molecule has 0 fully saturated rings. The van der Waals surface area contributed by atoms with Crippen molar-refractivity contribution >= 4 is 28.4 Å². The number of hydrogen-bond donors (Lipinski definition) is 1. The number of carbonyl (C=O) groups is 1. The number of anilines is 2. The van der Waals surface area contributed by atoms with Crippen LogP contribution >= 0.6 is 0 Å². The van der Waals surface area contributed by atoms with E-state index in [0.29, 0.717) is 6.54 Å². The van der Waals surface area contributed by atoms with Crippen LogP contribution in [0.3, 0.4) is 0 Å². The summed E-state index contributed by atoms with van der Waals surface area (Å²) in [6.07, 6.45) is 5.25. The fourth-order valence-electron chi connectivity index (χ4n) is 2.64. The van der Waals surface area contributed by atoms with Crippen LogP contribution in [0.15, 0.2) is 43.0 Å². The highest BCUT2D eigenvalue weighted by Gasteiger charge is 2.25. The number of fused-ring (bicyclic) bond motifs is 2. The first-order valence-corrected chi connectivity index (χ1v) is 6.66. The molecule has 1 N–H and O–H groups in total. The second-order valence-corrected chi connectivity index (χ2v) is 5.03. The molecule has 21 heavy (non-hydrogen) atoms. The zero-order chi connectivity index (χ0) is 14.4. The predicted molar refractivity (Wildman–Crippen MR) is 79.3 cm³/mol. The van der Waals surface area contributed by atoms with E-state index >= 15 is 0 Å². The number of nitrogens with zero attached hydrogens (tertiary/aromatic N) is 4. The highest BCUT2D eigenvalue weighted by atomic mass is 16.2. The summed E-state index contributed by atoms with van der Waals surface area (Å²) in [5, 5.41) is 2.87. The van der Waals surface area contributed by atoms with E-state index in [1.54, 1.807) is 23.6 Å². The standard InChI is InChI=1S/C15H13N5O/c1-19-9-18-12-3-2-11(6-14(12)19)20-13-4-5-16-7-10(13)8-17-15(20)21/h2-7,9H,8H2,1H3,(H,17,21). The van der Waals surface area contributed by atoms with Gasteiger partial charge in [0.25, 0.3) is 0 Å². The maximum atomic E-state index is 12.3. The lowest BCUT2D eigenvalue weighted by molar-refractivity contribution is 0.247. The Kier molecular flexibility index (Phi) is 2.44. The molecule has 1 aliphatic heterocycles. The van der Waals surface area contributed by atoms with Gasteiger partial charge in [-0.2, -0.15) is 0 Å². The van der Waals surface area contributed by atoms with Crippen LogP contribution in [0, 0.1) is 0 Å². The molecule has 6 heteroatoms. The number of aromatic nitrogens is 3. The third kappa shape index (κ3) is 1.76. The van der Waals surface area contributed by atoms with Crippen molar-refractivity contribution in [3.05, 3.63) is 48.5 Å². The molecule has 1 aliphatic rings. The second kappa shape index (κ2) is 4.31. The monoisotopic (exact) mass is 279 g/mol. The van der Waals surface area contributed by atoms with Crippen LogP contribution in [0.4, 0.5) is 16.2 Å². The van der Waals surface area contributed by atoms with Gasteiger partial charge in [-0.05, 0) is 24.3 Å². The summed E-state index contributed by atoms with van der Waals surface area (Å²) < 4.78 is 1.94. The van der Waals surface area contributed by atoms with Crippen LogP contribution in [-0.2, 0) is 13.6 Å². The van der Waals surface area contributed by atoms with Crippen LogP contribution < -0.4 is 10.2 Å². The maximum Gasteiger partial charge on any atom is 0.326 e. The molecule has 0 saturated carbocycles. The Morgan fingerprint density at radius 3 is 3.10 bits per heavy atom. The number of urea groups is 1. The minimum absolute atomic E-state index is 0.129. The largest absolute Gasteiger partial charge is 0.334 e. The Morgan fingerprint density at radius 1 is 1.29 bits per heavy atom. The Bertz CT molecular complexity index is 854. The van der Waals surface area contributed by atoms with Gasteiger partial charge >= 0.3 is 6.03 Å². The average molecular weight is 279 g/mol. The molecular formula is C15H13N5O. The molecular weight excluding hydrogens is 266 g/mol. The molecule has 2 aromatic heterocycles. The minimum atomic E-state index is -0.129. The smallest absolute Gasteiger partial charge is 0.326 e. The van der Waals surface area contributed by atoms with Crippen molar-refractivity contribution in [1.29, 1.82) is 0 Å². The van der Waals surface area contributed by atoms with E-state index in [1.807, 2.05) is 35.9 Å². The lowest BCUT2D eigenvalue weighted by atomic mass is 10.1. The highest BCUT2D eigenvalue weighted by Crippen LogP contribution is 2.32. The van der Waals surface area contributed by atoms with Gasteiger partial charge in [-0.25, -0.2) is 9.78 Å². The summed E-state index contributed by atoms with van der Waals surface area (Å²) in [5.41, 5.74) is 4.59. The number of pyridine rings is 1. The third-order valence-electron chi connectivity index (χ3n) is 3.72. The zero-order valence-electron chi connectivity index (χ0n) is 11.4. The van der Waals surface area contributed by atoms with Gasteiger partial charge in [0.15, 0.2) is 0 Å². The number of aryl methyl sites for hydroxylation is 1. The van der Waals surface area contributed by atoms with Crippen molar-refractivity contribution in [1.82, 2.24) is 19.9 Å². The molecule has 0 aliphatic carbocycles. The van der Waals surface area contributed by atoms with Crippen molar-refractivity contribution < 1.29 is 4.79 Å². The quantitative estimate of drug-likeness (QED) is 0.743. The van der Waals surface area contributed by atoms with Gasteiger partial charge in [-0.15, -0.1) is 0 Å². The summed E-state index contributed by atoms with van der Waals surface area (Å²) in [5.74, 6) is 0. The van der Waals surface area contributed by atoms with E-state index in [0.717, 1.165) is 28.0 Å². The lowest BCUT2D eigenvalue weighted by Gasteiger charge is -2.29. The van der Waals surface area contributed by atoms with E-state index in [1.165, 1.54) is 0 Å². The van der Waals surface area contributed by atoms with Gasteiger partial charge < -0.3 is 9.88 Å². The molecule has 104 valence electrons. The van der Waals surface area contributed by atoms with Crippen LogP contribution in [0.1, 0.15) is 5.56 Å². The van der Waals surface area contributed by atoms with Crippen LogP contribution in [0.2, 0.25) is 0 Å². The predicted octanol–water partition coefficient (Wildman–Crippen LogP) is 2.33. The molecule has 0 atom stereocenters. The summed E-state index contributed by atoms with van der Waals surface area (Å²) in [6, 6.07) is 7.53. The van der Waals surface area contributed by atoms with Gasteiger partial charge in [-0.1, -0.05) is 0 Å². The Hall–Kier alpha value is -2.89. The van der Waals surface area contributed by atoms with E-state index in [-0.39, 0.29) is 6.03 Å². The lowest BCUT2D eigenvalue weighted by Crippen LogP contribution is -2.41. The van der Waals surface area contributed by atoms with E-state index in [2.05, 4.69) is 15.3 Å². The SMILES string of the molecule is Cn1cnc2ccc(N3C(=O)NCc4cnccc43)cc21. The summed E-state index contributed by atoms with van der Waals surface area (Å²) in [4.78, 5) is 22.4. The first-order valence-electron chi connectivity index (χ1n) is 6.66. The number of amides is 2. The Labute approximate surface area is 121 Å². The van der Waals surface area contributed by atoms with Crippen LogP contribution in [0.5, 0.6) is 0 Å². The highest BCUT2D eigenvalue weighted by molar-refractivity contribution is 6.02. The first-order chi connectivity index (χ1) is 10.2.